The predicted molar refractivity (Wildman–Crippen MR) is 319 cm³/mol. The average molecular weight is 956 g/mol. The summed E-state index contributed by atoms with van der Waals surface area (Å²) in [5.41, 5.74) is 26.3. The van der Waals surface area contributed by atoms with Crippen molar-refractivity contribution in [1.82, 2.24) is 4.57 Å². The van der Waals surface area contributed by atoms with Crippen LogP contribution in [0.15, 0.2) is 291 Å². The van der Waals surface area contributed by atoms with E-state index in [9.17, 15) is 0 Å². The van der Waals surface area contributed by atoms with Crippen LogP contribution in [0, 0.1) is 0 Å². The molecule has 1 heteroatoms. The van der Waals surface area contributed by atoms with Crippen LogP contribution in [0.1, 0.15) is 6.92 Å². The highest BCUT2D eigenvalue weighted by Gasteiger charge is 2.27. The molecule has 1 heterocycles. The lowest BCUT2D eigenvalue weighted by Gasteiger charge is -2.24. The van der Waals surface area contributed by atoms with Crippen LogP contribution in [0.5, 0.6) is 0 Å². The standard InChI is InChI=1S/C74H53N/c1-2-75-67-45-43-59(63-49-61(51-27-11-3-12-28-51)69(53-31-15-5-16-32-53)73(57-39-23-9-24-40-57)71(63)55-35-19-7-20-36-55)47-65(67)66-48-60(44-46-68(66)75)64-50-62(52-29-13-4-14-30-52)70(54-33-17-6-18-34-54)74(58-41-25-10-26-42-58)72(64)56-37-21-8-22-38-56/h3-50H,2H2,1H3. The van der Waals surface area contributed by atoms with Crippen molar-refractivity contribution in [2.75, 3.05) is 0 Å². The maximum Gasteiger partial charge on any atom is 0.0491 e. The van der Waals surface area contributed by atoms with E-state index in [1.54, 1.807) is 0 Å². The quantitative estimate of drug-likeness (QED) is 0.122. The predicted octanol–water partition coefficient (Wildman–Crippen LogP) is 20.5. The average Bonchev–Trinajstić information content (AvgIpc) is 3.84. The van der Waals surface area contributed by atoms with E-state index < -0.39 is 0 Å². The maximum absolute atomic E-state index is 2.49. The Bertz CT molecular complexity index is 3860. The van der Waals surface area contributed by atoms with Gasteiger partial charge in [-0.25, -0.2) is 0 Å². The van der Waals surface area contributed by atoms with E-state index in [-0.39, 0.29) is 0 Å². The van der Waals surface area contributed by atoms with Gasteiger partial charge in [-0.3, -0.25) is 0 Å². The van der Waals surface area contributed by atoms with Gasteiger partial charge in [-0.2, -0.15) is 0 Å². The summed E-state index contributed by atoms with van der Waals surface area (Å²) in [7, 11) is 0. The lowest BCUT2D eigenvalue weighted by molar-refractivity contribution is 0.827. The van der Waals surface area contributed by atoms with Crippen molar-refractivity contribution in [1.29, 1.82) is 0 Å². The molecule has 12 aromatic carbocycles. The third-order valence-electron chi connectivity index (χ3n) is 15.0. The molecule has 0 aliphatic carbocycles. The molecule has 0 unspecified atom stereocenters. The summed E-state index contributed by atoms with van der Waals surface area (Å²) in [6, 6.07) is 107. The number of hydrogen-bond acceptors (Lipinski definition) is 0. The third-order valence-corrected chi connectivity index (χ3v) is 15.0. The van der Waals surface area contributed by atoms with Gasteiger partial charge in [-0.05, 0) is 155 Å². The van der Waals surface area contributed by atoms with E-state index in [0.29, 0.717) is 0 Å². The zero-order chi connectivity index (χ0) is 50.1. The lowest BCUT2D eigenvalue weighted by atomic mass is 9.78. The fraction of sp³-hybridized carbons (Fsp3) is 0.0270. The first kappa shape index (κ1) is 45.3. The van der Waals surface area contributed by atoms with Gasteiger partial charge in [0.25, 0.3) is 0 Å². The van der Waals surface area contributed by atoms with Crippen molar-refractivity contribution >= 4 is 21.8 Å². The van der Waals surface area contributed by atoms with Crippen molar-refractivity contribution in [3.63, 3.8) is 0 Å². The van der Waals surface area contributed by atoms with Crippen LogP contribution in [0.4, 0.5) is 0 Å². The molecule has 0 saturated heterocycles. The Labute approximate surface area is 440 Å². The van der Waals surface area contributed by atoms with Crippen LogP contribution < -0.4 is 0 Å². The molecule has 75 heavy (non-hydrogen) atoms. The molecule has 0 spiro atoms. The minimum absolute atomic E-state index is 0.841. The fourth-order valence-corrected chi connectivity index (χ4v) is 11.7. The highest BCUT2D eigenvalue weighted by molar-refractivity contribution is 6.14. The first-order valence-electron chi connectivity index (χ1n) is 26.1. The van der Waals surface area contributed by atoms with E-state index in [0.717, 1.165) is 6.54 Å². The van der Waals surface area contributed by atoms with Crippen molar-refractivity contribution in [3.8, 4) is 111 Å². The Morgan fingerprint density at radius 1 is 0.213 bits per heavy atom. The molecule has 13 aromatic rings. The molecule has 1 nitrogen and oxygen atoms in total. The van der Waals surface area contributed by atoms with Crippen LogP contribution in [0.2, 0.25) is 0 Å². The molecule has 0 aliphatic heterocycles. The molecular weight excluding hydrogens is 903 g/mol. The van der Waals surface area contributed by atoms with Crippen molar-refractivity contribution in [2.24, 2.45) is 0 Å². The van der Waals surface area contributed by atoms with Crippen molar-refractivity contribution < 1.29 is 0 Å². The second kappa shape index (κ2) is 19.8. The number of rotatable bonds is 11. The van der Waals surface area contributed by atoms with E-state index in [4.69, 9.17) is 0 Å². The van der Waals surface area contributed by atoms with Crippen molar-refractivity contribution in [3.05, 3.63) is 291 Å². The van der Waals surface area contributed by atoms with Gasteiger partial charge in [-0.15, -0.1) is 0 Å². The molecule has 0 amide bonds. The van der Waals surface area contributed by atoms with Crippen LogP contribution in [0.3, 0.4) is 0 Å². The molecule has 0 fully saturated rings. The Morgan fingerprint density at radius 2 is 0.440 bits per heavy atom. The molecular formula is C74H53N. The van der Waals surface area contributed by atoms with Crippen molar-refractivity contribution in [2.45, 2.75) is 13.5 Å². The number of aromatic nitrogens is 1. The fourth-order valence-electron chi connectivity index (χ4n) is 11.7. The molecule has 13 rings (SSSR count). The van der Waals surface area contributed by atoms with E-state index >= 15 is 0 Å². The smallest absolute Gasteiger partial charge is 0.0491 e. The van der Waals surface area contributed by atoms with Gasteiger partial charge >= 0.3 is 0 Å². The minimum atomic E-state index is 0.841. The zero-order valence-corrected chi connectivity index (χ0v) is 41.9. The topological polar surface area (TPSA) is 4.93 Å². The summed E-state index contributed by atoms with van der Waals surface area (Å²) in [5, 5.41) is 2.46. The summed E-state index contributed by atoms with van der Waals surface area (Å²) in [6.07, 6.45) is 0. The molecule has 0 N–H and O–H groups in total. The second-order valence-electron chi connectivity index (χ2n) is 19.3. The SMILES string of the molecule is CCn1c2ccc(-c3cc(-c4ccccc4)c(-c4ccccc4)c(-c4ccccc4)c3-c3ccccc3)cc2c2cc(-c3cc(-c4ccccc4)c(-c4ccccc4)c(-c4ccccc4)c3-c3ccccc3)ccc21. The van der Waals surface area contributed by atoms with Gasteiger partial charge < -0.3 is 4.57 Å². The number of aryl methyl sites for hydroxylation is 1. The summed E-state index contributed by atoms with van der Waals surface area (Å²) >= 11 is 0. The summed E-state index contributed by atoms with van der Waals surface area (Å²) in [6.45, 7) is 3.11. The Kier molecular flexibility index (Phi) is 12.0. The minimum Gasteiger partial charge on any atom is -0.341 e. The van der Waals surface area contributed by atoms with Crippen LogP contribution in [-0.4, -0.2) is 4.57 Å². The molecule has 0 aliphatic rings. The summed E-state index contributed by atoms with van der Waals surface area (Å²) in [5.74, 6) is 0. The monoisotopic (exact) mass is 955 g/mol. The van der Waals surface area contributed by atoms with E-state index in [1.165, 1.54) is 133 Å². The molecule has 0 saturated carbocycles. The summed E-state index contributed by atoms with van der Waals surface area (Å²) in [4.78, 5) is 0. The first-order valence-corrected chi connectivity index (χ1v) is 26.1. The van der Waals surface area contributed by atoms with Gasteiger partial charge in [0, 0.05) is 28.4 Å². The summed E-state index contributed by atoms with van der Waals surface area (Å²) < 4.78 is 2.49. The molecule has 0 bridgehead atoms. The Balaban J connectivity index is 1.12. The highest BCUT2D eigenvalue weighted by Crippen LogP contribution is 2.53. The second-order valence-corrected chi connectivity index (χ2v) is 19.3. The molecule has 354 valence electrons. The number of benzene rings is 12. The number of hydrogen-bond donors (Lipinski definition) is 0. The van der Waals surface area contributed by atoms with Crippen LogP contribution in [-0.2, 0) is 6.54 Å². The van der Waals surface area contributed by atoms with Gasteiger partial charge in [0.15, 0.2) is 0 Å². The largest absolute Gasteiger partial charge is 0.341 e. The Hall–Kier alpha value is -9.56. The zero-order valence-electron chi connectivity index (χ0n) is 41.9. The molecule has 0 radical (unpaired) electrons. The van der Waals surface area contributed by atoms with Crippen LogP contribution in [0.25, 0.3) is 133 Å². The number of nitrogens with zero attached hydrogens (tertiary/aromatic N) is 1. The Morgan fingerprint density at radius 3 is 0.693 bits per heavy atom. The molecule has 0 atom stereocenters. The van der Waals surface area contributed by atoms with Gasteiger partial charge in [0.2, 0.25) is 0 Å². The van der Waals surface area contributed by atoms with Crippen LogP contribution >= 0.6 is 0 Å². The third kappa shape index (κ3) is 8.26. The first-order chi connectivity index (χ1) is 37.2. The van der Waals surface area contributed by atoms with Gasteiger partial charge in [0.1, 0.15) is 0 Å². The van der Waals surface area contributed by atoms with E-state index in [2.05, 4.69) is 303 Å². The normalized spacial score (nSPS) is 11.3. The lowest BCUT2D eigenvalue weighted by Crippen LogP contribution is -1.98. The van der Waals surface area contributed by atoms with Gasteiger partial charge in [0.05, 0.1) is 0 Å². The maximum atomic E-state index is 2.49. The highest BCUT2D eigenvalue weighted by atomic mass is 15.0. The van der Waals surface area contributed by atoms with Gasteiger partial charge in [-0.1, -0.05) is 255 Å². The number of fused-ring (bicyclic) bond motifs is 3. The van der Waals surface area contributed by atoms with E-state index in [1.807, 2.05) is 0 Å². The molecule has 1 aromatic heterocycles.